The Balaban J connectivity index is 2.11. The summed E-state index contributed by atoms with van der Waals surface area (Å²) >= 11 is 0. The monoisotopic (exact) mass is 285 g/mol. The molecule has 0 aromatic heterocycles. The smallest absolute Gasteiger partial charge is 0.331 e. The standard InChI is InChI=1S/C17H19NO3/c1-2-3-4-5-10-15(19)18-12-11-13-8-6-7-9-14(13)16(18)17(20)21/h1,6-9,16H,3-5,10-12H2,(H,20,21). The molecule has 0 saturated heterocycles. The Bertz CT molecular complexity index is 574. The molecule has 0 radical (unpaired) electrons. The Morgan fingerprint density at radius 2 is 2.10 bits per heavy atom. The highest BCUT2D eigenvalue weighted by molar-refractivity contribution is 5.85. The molecule has 1 aromatic rings. The van der Waals surface area contributed by atoms with Crippen molar-refractivity contribution in [2.45, 2.75) is 38.1 Å². The Hall–Kier alpha value is -2.28. The van der Waals surface area contributed by atoms with Crippen molar-refractivity contribution >= 4 is 11.9 Å². The normalized spacial score (nSPS) is 16.9. The van der Waals surface area contributed by atoms with Crippen LogP contribution in [0.3, 0.4) is 0 Å². The number of fused-ring (bicyclic) bond motifs is 1. The van der Waals surface area contributed by atoms with Crippen LogP contribution in [0.1, 0.15) is 42.9 Å². The van der Waals surface area contributed by atoms with E-state index in [0.717, 1.165) is 17.5 Å². The molecule has 0 fully saturated rings. The fourth-order valence-corrected chi connectivity index (χ4v) is 2.75. The van der Waals surface area contributed by atoms with Crippen molar-refractivity contribution in [2.75, 3.05) is 6.54 Å². The number of carbonyl (C=O) groups excluding carboxylic acids is 1. The molecule has 0 bridgehead atoms. The van der Waals surface area contributed by atoms with Crippen molar-refractivity contribution < 1.29 is 14.7 Å². The lowest BCUT2D eigenvalue weighted by atomic mass is 9.92. The van der Waals surface area contributed by atoms with Gasteiger partial charge in [-0.05, 0) is 30.4 Å². The van der Waals surface area contributed by atoms with Gasteiger partial charge in [-0.25, -0.2) is 4.79 Å². The lowest BCUT2D eigenvalue weighted by Crippen LogP contribution is -2.43. The molecular weight excluding hydrogens is 266 g/mol. The van der Waals surface area contributed by atoms with Gasteiger partial charge in [-0.15, -0.1) is 12.3 Å². The van der Waals surface area contributed by atoms with Gasteiger partial charge in [0.2, 0.25) is 5.91 Å². The van der Waals surface area contributed by atoms with Gasteiger partial charge in [0.1, 0.15) is 0 Å². The summed E-state index contributed by atoms with van der Waals surface area (Å²) in [4.78, 5) is 25.4. The molecule has 4 heteroatoms. The second kappa shape index (κ2) is 6.94. The highest BCUT2D eigenvalue weighted by atomic mass is 16.4. The van der Waals surface area contributed by atoms with Gasteiger partial charge in [0.25, 0.3) is 0 Å². The zero-order valence-electron chi connectivity index (χ0n) is 11.9. The number of nitrogens with zero attached hydrogens (tertiary/aromatic N) is 1. The molecule has 0 spiro atoms. The van der Waals surface area contributed by atoms with Crippen molar-refractivity contribution in [3.05, 3.63) is 35.4 Å². The molecule has 1 amide bonds. The lowest BCUT2D eigenvalue weighted by Gasteiger charge is -2.34. The fraction of sp³-hybridized carbons (Fsp3) is 0.412. The SMILES string of the molecule is C#CCCCCC(=O)N1CCc2ccccc2C1C(=O)O. The van der Waals surface area contributed by atoms with Crippen molar-refractivity contribution in [3.8, 4) is 12.3 Å². The number of hydrogen-bond acceptors (Lipinski definition) is 2. The summed E-state index contributed by atoms with van der Waals surface area (Å²) in [5.41, 5.74) is 1.74. The summed E-state index contributed by atoms with van der Waals surface area (Å²) in [6.07, 6.45) is 8.39. The summed E-state index contributed by atoms with van der Waals surface area (Å²) in [5.74, 6) is 1.47. The predicted molar refractivity (Wildman–Crippen MR) is 79.5 cm³/mol. The van der Waals surface area contributed by atoms with Crippen LogP contribution in [0.5, 0.6) is 0 Å². The molecule has 0 saturated carbocycles. The van der Waals surface area contributed by atoms with Gasteiger partial charge in [0.15, 0.2) is 6.04 Å². The molecule has 1 heterocycles. The Morgan fingerprint density at radius 1 is 1.33 bits per heavy atom. The maximum absolute atomic E-state index is 12.3. The summed E-state index contributed by atoms with van der Waals surface area (Å²) in [5, 5.41) is 9.49. The van der Waals surface area contributed by atoms with Crippen LogP contribution in [0.4, 0.5) is 0 Å². The largest absolute Gasteiger partial charge is 0.479 e. The minimum absolute atomic E-state index is 0.103. The van der Waals surface area contributed by atoms with Crippen LogP contribution >= 0.6 is 0 Å². The number of rotatable bonds is 5. The van der Waals surface area contributed by atoms with Gasteiger partial charge < -0.3 is 10.0 Å². The summed E-state index contributed by atoms with van der Waals surface area (Å²) in [6, 6.07) is 6.58. The van der Waals surface area contributed by atoms with E-state index in [0.29, 0.717) is 32.2 Å². The highest BCUT2D eigenvalue weighted by Gasteiger charge is 2.35. The van der Waals surface area contributed by atoms with Crippen LogP contribution in [0.2, 0.25) is 0 Å². The maximum Gasteiger partial charge on any atom is 0.331 e. The third-order valence-corrected chi connectivity index (χ3v) is 3.80. The minimum Gasteiger partial charge on any atom is -0.479 e. The second-order valence-corrected chi connectivity index (χ2v) is 5.19. The quantitative estimate of drug-likeness (QED) is 0.667. The zero-order chi connectivity index (χ0) is 15.2. The molecule has 1 aliphatic rings. The first-order valence-corrected chi connectivity index (χ1v) is 7.18. The molecule has 4 nitrogen and oxygen atoms in total. The zero-order valence-corrected chi connectivity index (χ0v) is 11.9. The van der Waals surface area contributed by atoms with Crippen LogP contribution in [0.15, 0.2) is 24.3 Å². The van der Waals surface area contributed by atoms with Gasteiger partial charge >= 0.3 is 5.97 Å². The maximum atomic E-state index is 12.3. The van der Waals surface area contributed by atoms with Crippen LogP contribution in [0, 0.1) is 12.3 Å². The summed E-state index contributed by atoms with van der Waals surface area (Å²) in [6.45, 7) is 0.460. The van der Waals surface area contributed by atoms with Gasteiger partial charge in [-0.3, -0.25) is 4.79 Å². The van der Waals surface area contributed by atoms with E-state index in [4.69, 9.17) is 6.42 Å². The van der Waals surface area contributed by atoms with E-state index in [2.05, 4.69) is 5.92 Å². The van der Waals surface area contributed by atoms with Crippen molar-refractivity contribution in [2.24, 2.45) is 0 Å². The lowest BCUT2D eigenvalue weighted by molar-refractivity contribution is -0.151. The first kappa shape index (κ1) is 15.1. The molecule has 1 N–H and O–H groups in total. The molecule has 2 rings (SSSR count). The molecule has 1 unspecified atom stereocenters. The predicted octanol–water partition coefficient (Wildman–Crippen LogP) is 2.39. The van der Waals surface area contributed by atoms with Crippen LogP contribution < -0.4 is 0 Å². The number of carboxylic acids is 1. The van der Waals surface area contributed by atoms with Gasteiger partial charge in [0.05, 0.1) is 0 Å². The number of carboxylic acid groups (broad SMARTS) is 1. The number of carbonyl (C=O) groups is 2. The summed E-state index contributed by atoms with van der Waals surface area (Å²) in [7, 11) is 0. The highest BCUT2D eigenvalue weighted by Crippen LogP contribution is 2.30. The van der Waals surface area contributed by atoms with Crippen LogP contribution in [-0.4, -0.2) is 28.4 Å². The average molecular weight is 285 g/mol. The van der Waals surface area contributed by atoms with E-state index in [9.17, 15) is 14.7 Å². The third-order valence-electron chi connectivity index (χ3n) is 3.80. The number of terminal acetylenes is 1. The van der Waals surface area contributed by atoms with Crippen LogP contribution in [-0.2, 0) is 16.0 Å². The topological polar surface area (TPSA) is 57.6 Å². The number of benzene rings is 1. The van der Waals surface area contributed by atoms with E-state index >= 15 is 0 Å². The van der Waals surface area contributed by atoms with Gasteiger partial charge in [-0.1, -0.05) is 24.3 Å². The molecule has 1 atom stereocenters. The first-order valence-electron chi connectivity index (χ1n) is 7.18. The van der Waals surface area contributed by atoms with Gasteiger partial charge in [-0.2, -0.15) is 0 Å². The molecule has 1 aromatic carbocycles. The fourth-order valence-electron chi connectivity index (χ4n) is 2.75. The van der Waals surface area contributed by atoms with E-state index in [-0.39, 0.29) is 5.91 Å². The molecule has 0 aliphatic carbocycles. The van der Waals surface area contributed by atoms with E-state index in [1.165, 1.54) is 4.90 Å². The van der Waals surface area contributed by atoms with E-state index in [1.54, 1.807) is 6.07 Å². The number of aliphatic carboxylic acids is 1. The Morgan fingerprint density at radius 3 is 2.81 bits per heavy atom. The Labute approximate surface area is 124 Å². The van der Waals surface area contributed by atoms with E-state index < -0.39 is 12.0 Å². The van der Waals surface area contributed by atoms with Gasteiger partial charge in [0, 0.05) is 19.4 Å². The summed E-state index contributed by atoms with van der Waals surface area (Å²) < 4.78 is 0. The average Bonchev–Trinajstić information content (AvgIpc) is 2.50. The second-order valence-electron chi connectivity index (χ2n) is 5.19. The molecule has 1 aliphatic heterocycles. The molecular formula is C17H19NO3. The van der Waals surface area contributed by atoms with Crippen LogP contribution in [0.25, 0.3) is 0 Å². The number of unbranched alkanes of at least 4 members (excludes halogenated alkanes) is 2. The molecule has 110 valence electrons. The van der Waals surface area contributed by atoms with Crippen molar-refractivity contribution in [3.63, 3.8) is 0 Å². The number of amides is 1. The minimum atomic E-state index is -0.973. The van der Waals surface area contributed by atoms with Crippen molar-refractivity contribution in [1.29, 1.82) is 0 Å². The first-order chi connectivity index (χ1) is 10.1. The third kappa shape index (κ3) is 3.43. The Kier molecular flexibility index (Phi) is 4.99. The van der Waals surface area contributed by atoms with E-state index in [1.807, 2.05) is 18.2 Å². The number of hydrogen-bond donors (Lipinski definition) is 1. The molecule has 21 heavy (non-hydrogen) atoms. The van der Waals surface area contributed by atoms with Crippen molar-refractivity contribution in [1.82, 2.24) is 4.90 Å².